The Labute approximate surface area is 141 Å². The highest BCUT2D eigenvalue weighted by Crippen LogP contribution is 2.19. The summed E-state index contributed by atoms with van der Waals surface area (Å²) < 4.78 is 11.4. The molecule has 1 aromatic carbocycles. The van der Waals surface area contributed by atoms with Crippen LogP contribution >= 0.6 is 12.4 Å². The number of benzene rings is 1. The quantitative estimate of drug-likeness (QED) is 0.911. The van der Waals surface area contributed by atoms with Gasteiger partial charge in [-0.25, -0.2) is 0 Å². The van der Waals surface area contributed by atoms with Gasteiger partial charge in [-0.3, -0.25) is 9.00 Å². The van der Waals surface area contributed by atoms with Crippen molar-refractivity contribution in [2.45, 2.75) is 37.2 Å². The summed E-state index contributed by atoms with van der Waals surface area (Å²) in [5, 5.41) is 3.37. The van der Waals surface area contributed by atoms with Crippen LogP contribution in [0.15, 0.2) is 29.2 Å². The van der Waals surface area contributed by atoms with Crippen LogP contribution in [0.2, 0.25) is 0 Å². The highest BCUT2D eigenvalue weighted by molar-refractivity contribution is 7.84. The van der Waals surface area contributed by atoms with Gasteiger partial charge in [-0.05, 0) is 44.0 Å². The lowest BCUT2D eigenvalue weighted by Gasteiger charge is -2.30. The molecule has 1 saturated heterocycles. The average molecular weight is 345 g/mol. The summed E-state index contributed by atoms with van der Waals surface area (Å²) in [6, 6.07) is 8.06. The van der Waals surface area contributed by atoms with E-state index in [0.717, 1.165) is 29.8 Å². The number of nitrogens with one attached hydrogen (secondary N) is 1. The normalized spacial score (nSPS) is 22.5. The first-order valence-electron chi connectivity index (χ1n) is 7.38. The summed E-state index contributed by atoms with van der Waals surface area (Å²) in [4.78, 5) is 15.1. The minimum atomic E-state index is -0.954. The molecule has 22 heavy (non-hydrogen) atoms. The molecule has 3 atom stereocenters. The van der Waals surface area contributed by atoms with E-state index in [1.165, 1.54) is 0 Å². The Bertz CT molecular complexity index is 521. The maximum absolute atomic E-state index is 12.5. The monoisotopic (exact) mass is 344 g/mol. The zero-order chi connectivity index (χ0) is 15.4. The van der Waals surface area contributed by atoms with E-state index in [9.17, 15) is 9.00 Å². The standard InChI is InChI=1S/C16H24N2O2S.ClH/c1-12-10-14(8-9-17-12)16(19)18(2)11-13-4-6-15(7-5-13)21(3)20;/h4-7,12,14,17H,8-11H2,1-3H3;1H/t12-,14-,21?;/m0./s1. The van der Waals surface area contributed by atoms with Gasteiger partial charge >= 0.3 is 0 Å². The van der Waals surface area contributed by atoms with E-state index >= 15 is 0 Å². The second kappa shape index (κ2) is 8.65. The van der Waals surface area contributed by atoms with E-state index < -0.39 is 10.8 Å². The molecule has 0 radical (unpaired) electrons. The molecule has 1 heterocycles. The number of hydrogen-bond acceptors (Lipinski definition) is 3. The van der Waals surface area contributed by atoms with Crippen LogP contribution in [0.4, 0.5) is 0 Å². The number of piperidine rings is 1. The molecular formula is C16H25ClN2O2S. The minimum absolute atomic E-state index is 0. The van der Waals surface area contributed by atoms with E-state index in [0.29, 0.717) is 12.6 Å². The maximum atomic E-state index is 12.5. The van der Waals surface area contributed by atoms with Crippen LogP contribution in [0, 0.1) is 5.92 Å². The zero-order valence-electron chi connectivity index (χ0n) is 13.4. The number of rotatable bonds is 4. The van der Waals surface area contributed by atoms with E-state index in [-0.39, 0.29) is 24.2 Å². The predicted molar refractivity (Wildman–Crippen MR) is 92.7 cm³/mol. The number of carbonyl (C=O) groups is 1. The molecule has 1 amide bonds. The first kappa shape index (κ1) is 19.1. The summed E-state index contributed by atoms with van der Waals surface area (Å²) in [6.45, 7) is 3.65. The van der Waals surface area contributed by atoms with Gasteiger partial charge in [0.15, 0.2) is 0 Å². The fraction of sp³-hybridized carbons (Fsp3) is 0.562. The van der Waals surface area contributed by atoms with Crippen molar-refractivity contribution in [2.75, 3.05) is 19.8 Å². The molecule has 1 aliphatic heterocycles. The van der Waals surface area contributed by atoms with Gasteiger partial charge in [-0.15, -0.1) is 12.4 Å². The largest absolute Gasteiger partial charge is 0.341 e. The highest BCUT2D eigenvalue weighted by Gasteiger charge is 2.26. The van der Waals surface area contributed by atoms with Crippen molar-refractivity contribution in [2.24, 2.45) is 5.92 Å². The molecule has 1 fully saturated rings. The Balaban J connectivity index is 0.00000242. The Morgan fingerprint density at radius 3 is 2.55 bits per heavy atom. The Kier molecular flexibility index (Phi) is 7.53. The van der Waals surface area contributed by atoms with Gasteiger partial charge in [-0.1, -0.05) is 12.1 Å². The molecule has 124 valence electrons. The van der Waals surface area contributed by atoms with E-state index in [1.54, 1.807) is 11.2 Å². The lowest BCUT2D eigenvalue weighted by molar-refractivity contribution is -0.135. The molecule has 6 heteroatoms. The molecule has 0 saturated carbocycles. The van der Waals surface area contributed by atoms with Crippen LogP contribution in [0.5, 0.6) is 0 Å². The second-order valence-electron chi connectivity index (χ2n) is 5.87. The molecule has 1 aromatic rings. The lowest BCUT2D eigenvalue weighted by Crippen LogP contribution is -2.42. The summed E-state index contributed by atoms with van der Waals surface area (Å²) in [5.74, 6) is 0.361. The van der Waals surface area contributed by atoms with Crippen LogP contribution in [0.25, 0.3) is 0 Å². The summed E-state index contributed by atoms with van der Waals surface area (Å²) in [6.07, 6.45) is 3.50. The summed E-state index contributed by atoms with van der Waals surface area (Å²) >= 11 is 0. The number of nitrogens with zero attached hydrogens (tertiary/aromatic N) is 1. The van der Waals surface area contributed by atoms with Crippen molar-refractivity contribution in [1.29, 1.82) is 0 Å². The van der Waals surface area contributed by atoms with Crippen molar-refractivity contribution in [3.8, 4) is 0 Å². The number of amides is 1. The van der Waals surface area contributed by atoms with Crippen LogP contribution in [0.3, 0.4) is 0 Å². The Morgan fingerprint density at radius 2 is 2.00 bits per heavy atom. The highest BCUT2D eigenvalue weighted by atomic mass is 35.5. The van der Waals surface area contributed by atoms with E-state index in [2.05, 4.69) is 12.2 Å². The predicted octanol–water partition coefficient (Wildman–Crippen LogP) is 2.19. The van der Waals surface area contributed by atoms with Crippen molar-refractivity contribution in [1.82, 2.24) is 10.2 Å². The first-order valence-corrected chi connectivity index (χ1v) is 8.94. The molecule has 0 bridgehead atoms. The fourth-order valence-electron chi connectivity index (χ4n) is 2.81. The average Bonchev–Trinajstić information content (AvgIpc) is 2.47. The summed E-state index contributed by atoms with van der Waals surface area (Å²) in [7, 11) is 0.908. The van der Waals surface area contributed by atoms with Gasteiger partial charge in [0.2, 0.25) is 5.91 Å². The third kappa shape index (κ3) is 5.07. The van der Waals surface area contributed by atoms with Crippen LogP contribution < -0.4 is 5.32 Å². The van der Waals surface area contributed by atoms with Gasteiger partial charge in [0.25, 0.3) is 0 Å². The molecular weight excluding hydrogens is 320 g/mol. The second-order valence-corrected chi connectivity index (χ2v) is 7.25. The molecule has 4 nitrogen and oxygen atoms in total. The molecule has 1 unspecified atom stereocenters. The first-order chi connectivity index (χ1) is 9.97. The van der Waals surface area contributed by atoms with Crippen LogP contribution in [-0.2, 0) is 22.1 Å². The van der Waals surface area contributed by atoms with E-state index in [1.807, 2.05) is 31.3 Å². The van der Waals surface area contributed by atoms with Gasteiger partial charge < -0.3 is 10.2 Å². The SMILES string of the molecule is C[C@H]1C[C@@H](C(=O)N(C)Cc2ccc(S(C)=O)cc2)CCN1.Cl. The van der Waals surface area contributed by atoms with Crippen molar-refractivity contribution >= 4 is 29.1 Å². The molecule has 1 aliphatic rings. The number of hydrogen-bond donors (Lipinski definition) is 1. The topological polar surface area (TPSA) is 49.4 Å². The molecule has 2 rings (SSSR count). The van der Waals surface area contributed by atoms with E-state index in [4.69, 9.17) is 0 Å². The van der Waals surface area contributed by atoms with Gasteiger partial charge in [0.1, 0.15) is 0 Å². The fourth-order valence-corrected chi connectivity index (χ4v) is 3.33. The molecule has 0 aliphatic carbocycles. The molecule has 0 spiro atoms. The van der Waals surface area contributed by atoms with Gasteiger partial charge in [0.05, 0.1) is 0 Å². The number of halogens is 1. The molecule has 0 aromatic heterocycles. The third-order valence-electron chi connectivity index (χ3n) is 4.02. The van der Waals surface area contributed by atoms with Crippen molar-refractivity contribution in [3.05, 3.63) is 29.8 Å². The maximum Gasteiger partial charge on any atom is 0.225 e. The third-order valence-corrected chi connectivity index (χ3v) is 4.96. The lowest BCUT2D eigenvalue weighted by atomic mass is 9.92. The van der Waals surface area contributed by atoms with Crippen molar-refractivity contribution in [3.63, 3.8) is 0 Å². The minimum Gasteiger partial charge on any atom is -0.341 e. The number of carbonyl (C=O) groups excluding carboxylic acids is 1. The van der Waals surface area contributed by atoms with Crippen LogP contribution in [0.1, 0.15) is 25.3 Å². The molecule has 1 N–H and O–H groups in total. The summed E-state index contributed by atoms with van der Waals surface area (Å²) in [5.41, 5.74) is 1.07. The Hall–Kier alpha value is -0.910. The van der Waals surface area contributed by atoms with Crippen LogP contribution in [-0.4, -0.2) is 40.9 Å². The van der Waals surface area contributed by atoms with Crippen molar-refractivity contribution < 1.29 is 9.00 Å². The smallest absolute Gasteiger partial charge is 0.225 e. The Morgan fingerprint density at radius 1 is 1.36 bits per heavy atom. The zero-order valence-corrected chi connectivity index (χ0v) is 15.0. The van der Waals surface area contributed by atoms with Gasteiger partial charge in [-0.2, -0.15) is 0 Å². The van der Waals surface area contributed by atoms with Gasteiger partial charge in [0, 0.05) is 47.5 Å².